The number of fused-ring (bicyclic) bond motifs is 1. The monoisotopic (exact) mass is 342 g/mol. The first kappa shape index (κ1) is 14.3. The zero-order valence-electron chi connectivity index (χ0n) is 12.1. The summed E-state index contributed by atoms with van der Waals surface area (Å²) in [6, 6.07) is 0.138. The van der Waals surface area contributed by atoms with E-state index in [9.17, 15) is 4.39 Å². The minimum atomic E-state index is -0.980. The van der Waals surface area contributed by atoms with E-state index in [0.29, 0.717) is 23.6 Å². The first-order valence-electron chi connectivity index (χ1n) is 7.39. The summed E-state index contributed by atoms with van der Waals surface area (Å²) in [7, 11) is 1.93. The second kappa shape index (κ2) is 5.42. The van der Waals surface area contributed by atoms with Gasteiger partial charge in [-0.3, -0.25) is 5.01 Å². The van der Waals surface area contributed by atoms with E-state index in [4.69, 9.17) is 11.6 Å². The fraction of sp³-hybridized carbons (Fsp3) is 0.692. The van der Waals surface area contributed by atoms with Crippen LogP contribution in [0.25, 0.3) is 4.96 Å². The normalized spacial score (nSPS) is 32.2. The molecule has 9 heteroatoms. The molecule has 4 rings (SSSR count). The second-order valence-corrected chi connectivity index (χ2v) is 7.45. The summed E-state index contributed by atoms with van der Waals surface area (Å²) in [6.45, 7) is 0. The van der Waals surface area contributed by atoms with Crippen molar-refractivity contribution in [1.82, 2.24) is 24.8 Å². The van der Waals surface area contributed by atoms with Gasteiger partial charge >= 0.3 is 0 Å². The lowest BCUT2D eigenvalue weighted by molar-refractivity contribution is 0.211. The Kier molecular flexibility index (Phi) is 3.53. The van der Waals surface area contributed by atoms with Gasteiger partial charge in [-0.1, -0.05) is 11.3 Å². The van der Waals surface area contributed by atoms with Gasteiger partial charge in [0.25, 0.3) is 0 Å². The van der Waals surface area contributed by atoms with Gasteiger partial charge in [-0.2, -0.15) is 14.7 Å². The minimum Gasteiger partial charge on any atom is -0.290 e. The first-order chi connectivity index (χ1) is 10.6. The molecule has 2 aromatic heterocycles. The molecule has 1 saturated carbocycles. The SMILES string of the molecule is CN1N=CCC1c1nn2c(C3CCC(Cl)CC3F)nnc2s1. The summed E-state index contributed by atoms with van der Waals surface area (Å²) in [5.41, 5.74) is 0. The average Bonchev–Trinajstić information content (AvgIpc) is 3.14. The van der Waals surface area contributed by atoms with Crippen molar-refractivity contribution in [3.63, 3.8) is 0 Å². The van der Waals surface area contributed by atoms with Gasteiger partial charge in [-0.25, -0.2) is 4.39 Å². The van der Waals surface area contributed by atoms with E-state index in [1.54, 1.807) is 4.52 Å². The fourth-order valence-corrected chi connectivity index (χ4v) is 4.43. The summed E-state index contributed by atoms with van der Waals surface area (Å²) >= 11 is 7.54. The summed E-state index contributed by atoms with van der Waals surface area (Å²) < 4.78 is 16.0. The van der Waals surface area contributed by atoms with E-state index in [0.717, 1.165) is 17.8 Å². The molecule has 2 aliphatic rings. The molecule has 0 bridgehead atoms. The van der Waals surface area contributed by atoms with Crippen LogP contribution in [0.15, 0.2) is 5.10 Å². The molecule has 0 N–H and O–H groups in total. The Morgan fingerprint density at radius 1 is 1.36 bits per heavy atom. The van der Waals surface area contributed by atoms with Crippen LogP contribution in [0.3, 0.4) is 0 Å². The van der Waals surface area contributed by atoms with Crippen LogP contribution in [-0.4, -0.2) is 49.6 Å². The Morgan fingerprint density at radius 3 is 2.95 bits per heavy atom. The van der Waals surface area contributed by atoms with Gasteiger partial charge in [0.2, 0.25) is 4.96 Å². The highest BCUT2D eigenvalue weighted by atomic mass is 35.5. The largest absolute Gasteiger partial charge is 0.290 e. The van der Waals surface area contributed by atoms with Gasteiger partial charge in [-0.05, 0) is 19.3 Å². The van der Waals surface area contributed by atoms with Crippen molar-refractivity contribution in [3.8, 4) is 0 Å². The number of halogens is 2. The molecule has 1 aliphatic carbocycles. The molecule has 4 unspecified atom stereocenters. The standard InChI is InChI=1S/C13H16ClFN6S/c1-20-10(4-5-16-20)12-19-21-11(17-18-13(21)22-12)8-3-2-7(14)6-9(8)15/h5,7-10H,2-4,6H2,1H3. The van der Waals surface area contributed by atoms with Crippen molar-refractivity contribution in [1.29, 1.82) is 0 Å². The van der Waals surface area contributed by atoms with Crippen molar-refractivity contribution in [3.05, 3.63) is 10.8 Å². The van der Waals surface area contributed by atoms with Gasteiger partial charge < -0.3 is 0 Å². The quantitative estimate of drug-likeness (QED) is 0.787. The molecular weight excluding hydrogens is 327 g/mol. The van der Waals surface area contributed by atoms with Crippen molar-refractivity contribution >= 4 is 34.1 Å². The molecule has 22 heavy (non-hydrogen) atoms. The number of nitrogens with zero attached hydrogens (tertiary/aromatic N) is 6. The summed E-state index contributed by atoms with van der Waals surface area (Å²) in [5, 5.41) is 20.0. The van der Waals surface area contributed by atoms with Crippen LogP contribution in [0.4, 0.5) is 4.39 Å². The van der Waals surface area contributed by atoms with Crippen molar-refractivity contribution < 1.29 is 4.39 Å². The van der Waals surface area contributed by atoms with Crippen LogP contribution >= 0.6 is 22.9 Å². The van der Waals surface area contributed by atoms with E-state index in [-0.39, 0.29) is 17.3 Å². The van der Waals surface area contributed by atoms with Crippen LogP contribution in [0.1, 0.15) is 48.5 Å². The Bertz CT molecular complexity index is 715. The molecule has 0 amide bonds. The topological polar surface area (TPSA) is 58.7 Å². The maximum atomic E-state index is 14.3. The third kappa shape index (κ3) is 2.28. The molecule has 0 saturated heterocycles. The van der Waals surface area contributed by atoms with Crippen LogP contribution < -0.4 is 0 Å². The van der Waals surface area contributed by atoms with E-state index < -0.39 is 6.17 Å². The maximum Gasteiger partial charge on any atom is 0.234 e. The Hall–Kier alpha value is -1.28. The highest BCUT2D eigenvalue weighted by Gasteiger charge is 2.35. The number of hydrogen-bond acceptors (Lipinski definition) is 6. The summed E-state index contributed by atoms with van der Waals surface area (Å²) in [4.78, 5) is 0.713. The van der Waals surface area contributed by atoms with E-state index in [1.807, 2.05) is 18.3 Å². The van der Waals surface area contributed by atoms with Crippen LogP contribution in [0.5, 0.6) is 0 Å². The number of hydrogen-bond donors (Lipinski definition) is 0. The van der Waals surface area contributed by atoms with E-state index >= 15 is 0 Å². The number of aromatic nitrogens is 4. The Balaban J connectivity index is 1.66. The molecular formula is C13H16ClFN6S. The van der Waals surface area contributed by atoms with Crippen LogP contribution in [-0.2, 0) is 0 Å². The lowest BCUT2D eigenvalue weighted by atomic mass is 9.86. The number of alkyl halides is 2. The lowest BCUT2D eigenvalue weighted by Crippen LogP contribution is -2.26. The molecule has 1 aliphatic heterocycles. The molecule has 1 fully saturated rings. The molecule has 6 nitrogen and oxygen atoms in total. The predicted octanol–water partition coefficient (Wildman–Crippen LogP) is 2.76. The first-order valence-corrected chi connectivity index (χ1v) is 8.64. The van der Waals surface area contributed by atoms with Crippen LogP contribution in [0.2, 0.25) is 0 Å². The molecule has 0 radical (unpaired) electrons. The summed E-state index contributed by atoms with van der Waals surface area (Å²) in [6.07, 6.45) is 3.60. The smallest absolute Gasteiger partial charge is 0.234 e. The minimum absolute atomic E-state index is 0.0788. The summed E-state index contributed by atoms with van der Waals surface area (Å²) in [5.74, 6) is 0.354. The highest BCUT2D eigenvalue weighted by molar-refractivity contribution is 7.16. The van der Waals surface area contributed by atoms with Gasteiger partial charge in [0.15, 0.2) is 5.82 Å². The number of rotatable bonds is 2. The van der Waals surface area contributed by atoms with Gasteiger partial charge in [0.1, 0.15) is 17.2 Å². The molecule has 3 heterocycles. The van der Waals surface area contributed by atoms with Crippen LogP contribution in [0, 0.1) is 0 Å². The maximum absolute atomic E-state index is 14.3. The zero-order valence-corrected chi connectivity index (χ0v) is 13.6. The molecule has 0 spiro atoms. The van der Waals surface area contributed by atoms with Gasteiger partial charge in [-0.15, -0.1) is 21.8 Å². The average molecular weight is 343 g/mol. The van der Waals surface area contributed by atoms with Gasteiger partial charge in [0, 0.05) is 25.1 Å². The van der Waals surface area contributed by atoms with E-state index in [2.05, 4.69) is 20.4 Å². The predicted molar refractivity (Wildman–Crippen MR) is 83.4 cm³/mol. The number of hydrazone groups is 1. The Labute approximate surface area is 136 Å². The zero-order chi connectivity index (χ0) is 15.3. The Morgan fingerprint density at radius 2 is 2.23 bits per heavy atom. The highest BCUT2D eigenvalue weighted by Crippen LogP contribution is 2.37. The molecule has 4 atom stereocenters. The molecule has 2 aromatic rings. The van der Waals surface area contributed by atoms with E-state index in [1.165, 1.54) is 11.3 Å². The molecule has 0 aromatic carbocycles. The third-order valence-corrected chi connectivity index (χ3v) is 5.80. The molecule has 118 valence electrons. The lowest BCUT2D eigenvalue weighted by Gasteiger charge is -2.27. The fourth-order valence-electron chi connectivity index (χ4n) is 3.14. The van der Waals surface area contributed by atoms with Crippen molar-refractivity contribution in [2.75, 3.05) is 7.05 Å². The van der Waals surface area contributed by atoms with Gasteiger partial charge in [0.05, 0.1) is 5.92 Å². The third-order valence-electron chi connectivity index (χ3n) is 4.40. The second-order valence-electron chi connectivity index (χ2n) is 5.85. The van der Waals surface area contributed by atoms with Crippen molar-refractivity contribution in [2.45, 2.75) is 49.2 Å². The van der Waals surface area contributed by atoms with Crippen molar-refractivity contribution in [2.24, 2.45) is 5.10 Å².